The van der Waals surface area contributed by atoms with Gasteiger partial charge in [0.25, 0.3) is 0 Å². The van der Waals surface area contributed by atoms with Crippen LogP contribution in [0.3, 0.4) is 0 Å². The molecule has 0 aromatic heterocycles. The number of carboxylic acid groups (broad SMARTS) is 1. The third-order valence-corrected chi connectivity index (χ3v) is 5.26. The normalized spacial score (nSPS) is 21.2. The van der Waals surface area contributed by atoms with E-state index in [0.717, 1.165) is 19.3 Å². The summed E-state index contributed by atoms with van der Waals surface area (Å²) in [5, 5.41) is 15.0. The van der Waals surface area contributed by atoms with Crippen molar-refractivity contribution >= 4 is 12.0 Å². The molecule has 1 fully saturated rings. The summed E-state index contributed by atoms with van der Waals surface area (Å²) in [6.07, 6.45) is 3.71. The molecule has 0 aliphatic heterocycles. The Balaban J connectivity index is 1.82. The highest BCUT2D eigenvalue weighted by molar-refractivity contribution is 5.74. The SMILES string of the molecule is CCc1ccc(C(CNC(=O)NC2CCC(C(=O)O)CC2)N(C)C)cc1. The van der Waals surface area contributed by atoms with Gasteiger partial charge in [-0.2, -0.15) is 0 Å². The average molecular weight is 361 g/mol. The summed E-state index contributed by atoms with van der Waals surface area (Å²) in [5.74, 6) is -0.990. The third-order valence-electron chi connectivity index (χ3n) is 5.26. The number of nitrogens with zero attached hydrogens (tertiary/aromatic N) is 1. The Morgan fingerprint density at radius 2 is 1.77 bits per heavy atom. The Hall–Kier alpha value is -2.08. The number of carboxylic acids is 1. The molecule has 0 bridgehead atoms. The van der Waals surface area contributed by atoms with Crippen molar-refractivity contribution in [3.05, 3.63) is 35.4 Å². The number of hydrogen-bond acceptors (Lipinski definition) is 3. The molecule has 1 aromatic rings. The van der Waals surface area contributed by atoms with Gasteiger partial charge in [-0.1, -0.05) is 31.2 Å². The van der Waals surface area contributed by atoms with Gasteiger partial charge in [0.1, 0.15) is 0 Å². The van der Waals surface area contributed by atoms with Crippen molar-refractivity contribution < 1.29 is 14.7 Å². The molecule has 2 amide bonds. The van der Waals surface area contributed by atoms with Crippen LogP contribution in [0.1, 0.15) is 49.8 Å². The Bertz CT molecular complexity index is 593. The fourth-order valence-corrected chi connectivity index (χ4v) is 3.48. The second-order valence-corrected chi connectivity index (χ2v) is 7.32. The van der Waals surface area contributed by atoms with E-state index in [9.17, 15) is 9.59 Å². The first-order chi connectivity index (χ1) is 12.4. The van der Waals surface area contributed by atoms with Gasteiger partial charge < -0.3 is 20.6 Å². The number of benzene rings is 1. The molecule has 0 saturated heterocycles. The maximum Gasteiger partial charge on any atom is 0.315 e. The number of aliphatic carboxylic acids is 1. The molecule has 26 heavy (non-hydrogen) atoms. The van der Waals surface area contributed by atoms with E-state index in [1.807, 2.05) is 14.1 Å². The highest BCUT2D eigenvalue weighted by Gasteiger charge is 2.26. The van der Waals surface area contributed by atoms with Crippen molar-refractivity contribution in [1.82, 2.24) is 15.5 Å². The first-order valence-electron chi connectivity index (χ1n) is 9.43. The number of carbonyl (C=O) groups excluding carboxylic acids is 1. The minimum absolute atomic E-state index is 0.0623. The quantitative estimate of drug-likeness (QED) is 0.697. The molecule has 1 aliphatic rings. The Kier molecular flexibility index (Phi) is 7.45. The number of likely N-dealkylation sites (N-methyl/N-ethyl adjacent to an activating group) is 1. The van der Waals surface area contributed by atoms with Crippen molar-refractivity contribution in [1.29, 1.82) is 0 Å². The van der Waals surface area contributed by atoms with Gasteiger partial charge in [0.15, 0.2) is 0 Å². The fraction of sp³-hybridized carbons (Fsp3) is 0.600. The minimum Gasteiger partial charge on any atom is -0.481 e. The highest BCUT2D eigenvalue weighted by Crippen LogP contribution is 2.24. The van der Waals surface area contributed by atoms with Gasteiger partial charge in [0, 0.05) is 12.6 Å². The highest BCUT2D eigenvalue weighted by atomic mass is 16.4. The number of aryl methyl sites for hydroxylation is 1. The van der Waals surface area contributed by atoms with Crippen LogP contribution < -0.4 is 10.6 Å². The second-order valence-electron chi connectivity index (χ2n) is 7.32. The lowest BCUT2D eigenvalue weighted by molar-refractivity contribution is -0.142. The Labute approximate surface area is 156 Å². The van der Waals surface area contributed by atoms with Crippen LogP contribution in [-0.2, 0) is 11.2 Å². The van der Waals surface area contributed by atoms with Crippen molar-refractivity contribution in [3.63, 3.8) is 0 Å². The number of hydrogen-bond donors (Lipinski definition) is 3. The third kappa shape index (κ3) is 5.73. The lowest BCUT2D eigenvalue weighted by atomic mass is 9.86. The van der Waals surface area contributed by atoms with Crippen molar-refractivity contribution in [2.75, 3.05) is 20.6 Å². The summed E-state index contributed by atoms with van der Waals surface area (Å²) in [6.45, 7) is 2.66. The van der Waals surface area contributed by atoms with Gasteiger partial charge in [-0.3, -0.25) is 4.79 Å². The first kappa shape index (κ1) is 20.2. The van der Waals surface area contributed by atoms with Crippen LogP contribution in [0.2, 0.25) is 0 Å². The molecule has 1 aromatic carbocycles. The van der Waals surface area contributed by atoms with Crippen LogP contribution in [0.25, 0.3) is 0 Å². The van der Waals surface area contributed by atoms with E-state index in [0.29, 0.717) is 19.4 Å². The molecule has 0 heterocycles. The van der Waals surface area contributed by atoms with E-state index in [1.165, 1.54) is 11.1 Å². The number of nitrogens with one attached hydrogen (secondary N) is 2. The summed E-state index contributed by atoms with van der Waals surface area (Å²) < 4.78 is 0. The van der Waals surface area contributed by atoms with Gasteiger partial charge >= 0.3 is 12.0 Å². The topological polar surface area (TPSA) is 81.7 Å². The van der Waals surface area contributed by atoms with Crippen LogP contribution in [0.5, 0.6) is 0 Å². The van der Waals surface area contributed by atoms with Crippen LogP contribution in [0.4, 0.5) is 4.79 Å². The lowest BCUT2D eigenvalue weighted by Crippen LogP contribution is -2.46. The Morgan fingerprint density at radius 1 is 1.15 bits per heavy atom. The molecule has 0 spiro atoms. The smallest absolute Gasteiger partial charge is 0.315 e. The van der Waals surface area contributed by atoms with E-state index in [2.05, 4.69) is 46.7 Å². The lowest BCUT2D eigenvalue weighted by Gasteiger charge is -2.28. The zero-order chi connectivity index (χ0) is 19.1. The van der Waals surface area contributed by atoms with Gasteiger partial charge in [0.05, 0.1) is 12.0 Å². The van der Waals surface area contributed by atoms with Crippen molar-refractivity contribution in [3.8, 4) is 0 Å². The van der Waals surface area contributed by atoms with E-state index in [1.54, 1.807) is 0 Å². The van der Waals surface area contributed by atoms with Crippen LogP contribution in [0, 0.1) is 5.92 Å². The monoisotopic (exact) mass is 361 g/mol. The maximum absolute atomic E-state index is 12.2. The number of amides is 2. The van der Waals surface area contributed by atoms with Crippen LogP contribution in [0.15, 0.2) is 24.3 Å². The largest absolute Gasteiger partial charge is 0.481 e. The molecule has 3 N–H and O–H groups in total. The predicted molar refractivity (Wildman–Crippen MR) is 102 cm³/mol. The first-order valence-corrected chi connectivity index (χ1v) is 9.43. The zero-order valence-electron chi connectivity index (χ0n) is 16.0. The summed E-state index contributed by atoms with van der Waals surface area (Å²) >= 11 is 0. The molecule has 1 saturated carbocycles. The molecule has 2 rings (SSSR count). The molecule has 1 unspecified atom stereocenters. The number of carbonyl (C=O) groups is 2. The van der Waals surface area contributed by atoms with E-state index < -0.39 is 5.97 Å². The molecule has 1 aliphatic carbocycles. The van der Waals surface area contributed by atoms with Crippen LogP contribution in [-0.4, -0.2) is 48.7 Å². The van der Waals surface area contributed by atoms with Crippen molar-refractivity contribution in [2.45, 2.75) is 51.1 Å². The summed E-state index contributed by atoms with van der Waals surface area (Å²) in [5.41, 5.74) is 2.48. The molecule has 1 atom stereocenters. The van der Waals surface area contributed by atoms with Gasteiger partial charge in [-0.15, -0.1) is 0 Å². The summed E-state index contributed by atoms with van der Waals surface area (Å²) in [6, 6.07) is 8.49. The van der Waals surface area contributed by atoms with Gasteiger partial charge in [0.2, 0.25) is 0 Å². The summed E-state index contributed by atoms with van der Waals surface area (Å²) in [4.78, 5) is 25.3. The standard InChI is InChI=1S/C20H31N3O3/c1-4-14-5-7-15(8-6-14)18(23(2)3)13-21-20(26)22-17-11-9-16(10-12-17)19(24)25/h5-8,16-18H,4,9-13H2,1-3H3,(H,24,25)(H2,21,22,26). The Morgan fingerprint density at radius 3 is 2.27 bits per heavy atom. The molecule has 0 radical (unpaired) electrons. The molecule has 144 valence electrons. The fourth-order valence-electron chi connectivity index (χ4n) is 3.48. The van der Waals surface area contributed by atoms with Crippen LogP contribution >= 0.6 is 0 Å². The minimum atomic E-state index is -0.726. The zero-order valence-corrected chi connectivity index (χ0v) is 16.0. The van der Waals surface area contributed by atoms with Gasteiger partial charge in [-0.05, 0) is 57.3 Å². The number of urea groups is 1. The maximum atomic E-state index is 12.2. The van der Waals surface area contributed by atoms with E-state index >= 15 is 0 Å². The van der Waals surface area contributed by atoms with E-state index in [4.69, 9.17) is 5.11 Å². The number of rotatable bonds is 7. The second kappa shape index (κ2) is 9.57. The molecule has 6 heteroatoms. The van der Waals surface area contributed by atoms with Gasteiger partial charge in [-0.25, -0.2) is 4.79 Å². The molecular formula is C20H31N3O3. The predicted octanol–water partition coefficient (Wildman–Crippen LogP) is 2.79. The summed E-state index contributed by atoms with van der Waals surface area (Å²) in [7, 11) is 4.01. The molecule has 6 nitrogen and oxygen atoms in total. The van der Waals surface area contributed by atoms with E-state index in [-0.39, 0.29) is 24.0 Å². The average Bonchev–Trinajstić information content (AvgIpc) is 2.62. The molecular weight excluding hydrogens is 330 g/mol. The van der Waals surface area contributed by atoms with Crippen molar-refractivity contribution in [2.24, 2.45) is 5.92 Å².